The number of halogens is 4. The number of aromatic nitrogens is 4. The van der Waals surface area contributed by atoms with E-state index in [0.717, 1.165) is 6.07 Å². The summed E-state index contributed by atoms with van der Waals surface area (Å²) in [5.41, 5.74) is -0.0798. The number of nitrogens with zero attached hydrogens (tertiary/aromatic N) is 3. The molecule has 1 aromatic heterocycles. The van der Waals surface area contributed by atoms with Crippen molar-refractivity contribution >= 4 is 11.6 Å². The van der Waals surface area contributed by atoms with E-state index >= 15 is 0 Å². The third kappa shape index (κ3) is 2.23. The van der Waals surface area contributed by atoms with Crippen LogP contribution in [0.15, 0.2) is 12.1 Å². The van der Waals surface area contributed by atoms with Crippen LogP contribution in [0.1, 0.15) is 11.1 Å². The molecule has 0 fully saturated rings. The highest BCUT2D eigenvalue weighted by molar-refractivity contribution is 6.31. The fourth-order valence-corrected chi connectivity index (χ4v) is 1.69. The molecule has 0 spiro atoms. The lowest BCUT2D eigenvalue weighted by molar-refractivity contribution is -0.137. The maximum Gasteiger partial charge on any atom is 0.417 e. The molecule has 90 valence electrons. The van der Waals surface area contributed by atoms with E-state index in [9.17, 15) is 13.2 Å². The van der Waals surface area contributed by atoms with Crippen molar-refractivity contribution in [2.24, 2.45) is 0 Å². The number of alkyl halides is 3. The molecule has 0 bridgehead atoms. The Balaban J connectivity index is 2.57. The monoisotopic (exact) mass is 262 g/mol. The van der Waals surface area contributed by atoms with Crippen LogP contribution in [-0.4, -0.2) is 20.6 Å². The maximum absolute atomic E-state index is 12.6. The number of nitrogens with one attached hydrogen (secondary N) is 1. The number of rotatable bonds is 1. The van der Waals surface area contributed by atoms with Gasteiger partial charge in [0, 0.05) is 5.56 Å². The van der Waals surface area contributed by atoms with Crippen LogP contribution < -0.4 is 0 Å². The molecular weight excluding hydrogens is 257 g/mol. The number of hydrogen-bond donors (Lipinski definition) is 1. The van der Waals surface area contributed by atoms with Gasteiger partial charge in [-0.15, -0.1) is 10.2 Å². The third-order valence-corrected chi connectivity index (χ3v) is 2.52. The molecule has 2 rings (SSSR count). The average molecular weight is 263 g/mol. The zero-order valence-corrected chi connectivity index (χ0v) is 9.26. The predicted molar refractivity (Wildman–Crippen MR) is 54.4 cm³/mol. The number of tetrazole rings is 1. The Hall–Kier alpha value is -1.63. The van der Waals surface area contributed by atoms with Crippen molar-refractivity contribution in [2.45, 2.75) is 13.1 Å². The van der Waals surface area contributed by atoms with Crippen LogP contribution in [0.25, 0.3) is 11.4 Å². The quantitative estimate of drug-likeness (QED) is 0.860. The summed E-state index contributed by atoms with van der Waals surface area (Å²) >= 11 is 5.60. The normalized spacial score (nSPS) is 11.8. The first kappa shape index (κ1) is 11.8. The number of hydrogen-bond acceptors (Lipinski definition) is 3. The molecule has 1 aromatic carbocycles. The standard InChI is InChI=1S/C9H6ClF3N4/c1-4-2-6(9(11,12)13)7(10)3-5(4)8-14-16-17-15-8/h2-3H,1H3,(H,14,15,16,17). The van der Waals surface area contributed by atoms with Crippen LogP contribution in [0.4, 0.5) is 13.2 Å². The highest BCUT2D eigenvalue weighted by Crippen LogP contribution is 2.37. The van der Waals surface area contributed by atoms with Gasteiger partial charge in [0.25, 0.3) is 0 Å². The van der Waals surface area contributed by atoms with Crippen LogP contribution in [0.3, 0.4) is 0 Å². The van der Waals surface area contributed by atoms with E-state index in [-0.39, 0.29) is 10.8 Å². The van der Waals surface area contributed by atoms with E-state index in [1.165, 1.54) is 13.0 Å². The summed E-state index contributed by atoms with van der Waals surface area (Å²) in [6, 6.07) is 2.15. The maximum atomic E-state index is 12.6. The smallest absolute Gasteiger partial charge is 0.177 e. The molecule has 1 N–H and O–H groups in total. The number of aromatic amines is 1. The van der Waals surface area contributed by atoms with Gasteiger partial charge in [-0.1, -0.05) is 11.6 Å². The summed E-state index contributed by atoms with van der Waals surface area (Å²) in [6.07, 6.45) is -4.47. The third-order valence-electron chi connectivity index (χ3n) is 2.21. The lowest BCUT2D eigenvalue weighted by Crippen LogP contribution is -2.06. The molecule has 2 aromatic rings. The van der Waals surface area contributed by atoms with Gasteiger partial charge in [0.15, 0.2) is 0 Å². The molecule has 4 nitrogen and oxygen atoms in total. The summed E-state index contributed by atoms with van der Waals surface area (Å²) < 4.78 is 37.7. The van der Waals surface area contributed by atoms with Crippen molar-refractivity contribution in [3.63, 3.8) is 0 Å². The first-order chi connectivity index (χ1) is 7.89. The average Bonchev–Trinajstić information content (AvgIpc) is 2.72. The van der Waals surface area contributed by atoms with Gasteiger partial charge in [-0.3, -0.25) is 0 Å². The lowest BCUT2D eigenvalue weighted by Gasteiger charge is -2.11. The van der Waals surface area contributed by atoms with Crippen molar-refractivity contribution in [3.05, 3.63) is 28.3 Å². The number of aryl methyl sites for hydroxylation is 1. The van der Waals surface area contributed by atoms with Crippen molar-refractivity contribution in [1.29, 1.82) is 0 Å². The van der Waals surface area contributed by atoms with Gasteiger partial charge in [0.2, 0.25) is 5.82 Å². The molecule has 0 aliphatic carbocycles. The Labute approximate surface area is 98.8 Å². The summed E-state index contributed by atoms with van der Waals surface area (Å²) in [6.45, 7) is 1.53. The van der Waals surface area contributed by atoms with Gasteiger partial charge in [0.1, 0.15) is 0 Å². The minimum absolute atomic E-state index is 0.207. The second kappa shape index (κ2) is 3.99. The molecule has 1 heterocycles. The summed E-state index contributed by atoms with van der Waals surface area (Å²) in [7, 11) is 0. The molecule has 8 heteroatoms. The zero-order valence-electron chi connectivity index (χ0n) is 8.51. The fraction of sp³-hybridized carbons (Fsp3) is 0.222. The predicted octanol–water partition coefficient (Wildman–Crippen LogP) is 2.85. The van der Waals surface area contributed by atoms with E-state index in [0.29, 0.717) is 11.1 Å². The highest BCUT2D eigenvalue weighted by Gasteiger charge is 2.33. The molecule has 0 amide bonds. The molecule has 0 aliphatic heterocycles. The molecule has 0 aliphatic rings. The van der Waals surface area contributed by atoms with Crippen molar-refractivity contribution in [2.75, 3.05) is 0 Å². The number of H-pyrrole nitrogens is 1. The van der Waals surface area contributed by atoms with Crippen LogP contribution in [0.5, 0.6) is 0 Å². The highest BCUT2D eigenvalue weighted by atomic mass is 35.5. The zero-order chi connectivity index (χ0) is 12.6. The van der Waals surface area contributed by atoms with Gasteiger partial charge < -0.3 is 0 Å². The molecular formula is C9H6ClF3N4. The Morgan fingerprint density at radius 3 is 2.53 bits per heavy atom. The van der Waals surface area contributed by atoms with Crippen molar-refractivity contribution in [3.8, 4) is 11.4 Å². The lowest BCUT2D eigenvalue weighted by atomic mass is 10.0. The Morgan fingerprint density at radius 2 is 2.00 bits per heavy atom. The fourth-order valence-electron chi connectivity index (χ4n) is 1.42. The first-order valence-corrected chi connectivity index (χ1v) is 4.88. The number of benzene rings is 1. The molecule has 17 heavy (non-hydrogen) atoms. The largest absolute Gasteiger partial charge is 0.417 e. The molecule has 0 saturated heterocycles. The summed E-state index contributed by atoms with van der Waals surface area (Å²) in [5, 5.41) is 12.6. The Morgan fingerprint density at radius 1 is 1.29 bits per heavy atom. The van der Waals surface area contributed by atoms with Gasteiger partial charge in [-0.25, -0.2) is 0 Å². The van der Waals surface area contributed by atoms with Crippen LogP contribution >= 0.6 is 11.6 Å². The summed E-state index contributed by atoms with van der Waals surface area (Å²) in [4.78, 5) is 0. The molecule has 0 unspecified atom stereocenters. The SMILES string of the molecule is Cc1cc(C(F)(F)F)c(Cl)cc1-c1nn[nH]n1. The van der Waals surface area contributed by atoms with Crippen LogP contribution in [0.2, 0.25) is 5.02 Å². The van der Waals surface area contributed by atoms with E-state index in [1.807, 2.05) is 0 Å². The Bertz CT molecular complexity index is 536. The summed E-state index contributed by atoms with van der Waals surface area (Å²) in [5.74, 6) is 0.207. The van der Waals surface area contributed by atoms with Gasteiger partial charge >= 0.3 is 6.18 Å². The molecule has 0 atom stereocenters. The van der Waals surface area contributed by atoms with Crippen molar-refractivity contribution in [1.82, 2.24) is 20.6 Å². The first-order valence-electron chi connectivity index (χ1n) is 4.51. The molecule has 0 radical (unpaired) electrons. The van der Waals surface area contributed by atoms with Crippen LogP contribution in [0, 0.1) is 6.92 Å². The minimum atomic E-state index is -4.47. The van der Waals surface area contributed by atoms with Gasteiger partial charge in [0.05, 0.1) is 10.6 Å². The second-order valence-electron chi connectivity index (χ2n) is 3.38. The molecule has 0 saturated carbocycles. The second-order valence-corrected chi connectivity index (χ2v) is 3.79. The Kier molecular flexibility index (Phi) is 2.78. The minimum Gasteiger partial charge on any atom is -0.177 e. The van der Waals surface area contributed by atoms with E-state index < -0.39 is 11.7 Å². The van der Waals surface area contributed by atoms with E-state index in [4.69, 9.17) is 11.6 Å². The van der Waals surface area contributed by atoms with Crippen molar-refractivity contribution < 1.29 is 13.2 Å². The van der Waals surface area contributed by atoms with E-state index in [1.54, 1.807) is 0 Å². The van der Waals surface area contributed by atoms with Gasteiger partial charge in [-0.2, -0.15) is 18.4 Å². The topological polar surface area (TPSA) is 54.5 Å². The van der Waals surface area contributed by atoms with Gasteiger partial charge in [-0.05, 0) is 29.8 Å². The van der Waals surface area contributed by atoms with Crippen LogP contribution in [-0.2, 0) is 6.18 Å². The van der Waals surface area contributed by atoms with E-state index in [2.05, 4.69) is 20.6 Å².